The van der Waals surface area contributed by atoms with Crippen molar-refractivity contribution in [3.8, 4) is 0 Å². The van der Waals surface area contributed by atoms with Gasteiger partial charge in [0.15, 0.2) is 10.8 Å². The number of halogens is 3. The lowest BCUT2D eigenvalue weighted by Crippen LogP contribution is -2.37. The summed E-state index contributed by atoms with van der Waals surface area (Å²) in [6.45, 7) is 4.67. The SMILES string of the molecule is C[C@H]1CCCN(c2cc(C(F)(F)F)nc(NC(=S)NC[C@H]3CCCO3)n2)C1. The molecule has 0 spiro atoms. The second kappa shape index (κ2) is 8.55. The summed E-state index contributed by atoms with van der Waals surface area (Å²) < 4.78 is 45.3. The normalized spacial score (nSPS) is 23.3. The van der Waals surface area contributed by atoms with E-state index in [1.807, 2.05) is 4.90 Å². The van der Waals surface area contributed by atoms with Gasteiger partial charge in [0.05, 0.1) is 6.10 Å². The number of anilines is 2. The van der Waals surface area contributed by atoms with Crippen LogP contribution >= 0.6 is 12.2 Å². The Morgan fingerprint density at radius 1 is 1.33 bits per heavy atom. The zero-order chi connectivity index (χ0) is 19.4. The molecule has 2 fully saturated rings. The third-order valence-corrected chi connectivity index (χ3v) is 4.97. The number of nitrogens with zero attached hydrogens (tertiary/aromatic N) is 3. The number of hydrogen-bond donors (Lipinski definition) is 2. The summed E-state index contributed by atoms with van der Waals surface area (Å²) in [5, 5.41) is 5.83. The fourth-order valence-electron chi connectivity index (χ4n) is 3.35. The molecular weight excluding hydrogens is 379 g/mol. The van der Waals surface area contributed by atoms with Crippen molar-refractivity contribution in [2.45, 2.75) is 44.9 Å². The van der Waals surface area contributed by atoms with Crippen molar-refractivity contribution in [3.05, 3.63) is 11.8 Å². The minimum absolute atomic E-state index is 0.0672. The van der Waals surface area contributed by atoms with Crippen LogP contribution in [0.2, 0.25) is 0 Å². The van der Waals surface area contributed by atoms with Gasteiger partial charge in [0.2, 0.25) is 5.95 Å². The molecule has 2 atom stereocenters. The minimum Gasteiger partial charge on any atom is -0.376 e. The van der Waals surface area contributed by atoms with Crippen LogP contribution in [-0.2, 0) is 10.9 Å². The number of alkyl halides is 3. The first-order valence-corrected chi connectivity index (χ1v) is 9.60. The average Bonchev–Trinajstić information content (AvgIpc) is 3.12. The Morgan fingerprint density at radius 2 is 2.15 bits per heavy atom. The smallest absolute Gasteiger partial charge is 0.376 e. The Morgan fingerprint density at radius 3 is 2.81 bits per heavy atom. The topological polar surface area (TPSA) is 62.3 Å². The third kappa shape index (κ3) is 5.65. The lowest BCUT2D eigenvalue weighted by atomic mass is 10.0. The van der Waals surface area contributed by atoms with Crippen LogP contribution in [0.4, 0.5) is 24.9 Å². The van der Waals surface area contributed by atoms with Crippen molar-refractivity contribution in [2.24, 2.45) is 5.92 Å². The molecule has 3 rings (SSSR count). The van der Waals surface area contributed by atoms with E-state index in [0.29, 0.717) is 25.6 Å². The number of piperidine rings is 1. The van der Waals surface area contributed by atoms with Crippen LogP contribution in [0.15, 0.2) is 6.07 Å². The molecule has 6 nitrogen and oxygen atoms in total. The standard InChI is InChI=1S/C17H24F3N5OS/c1-11-4-2-6-25(10-11)14-8-13(17(18,19)20)22-15(23-14)24-16(27)21-9-12-5-3-7-26-12/h8,11-12H,2-7,9-10H2,1H3,(H2,21,22,23,24,27)/t11-,12+/m0/s1. The van der Waals surface area contributed by atoms with E-state index in [1.165, 1.54) is 0 Å². The summed E-state index contributed by atoms with van der Waals surface area (Å²) in [6, 6.07) is 1.01. The molecule has 0 aliphatic carbocycles. The van der Waals surface area contributed by atoms with Gasteiger partial charge in [0, 0.05) is 32.3 Å². The Kier molecular flexibility index (Phi) is 6.36. The van der Waals surface area contributed by atoms with E-state index >= 15 is 0 Å². The van der Waals surface area contributed by atoms with E-state index < -0.39 is 11.9 Å². The Balaban J connectivity index is 1.72. The highest BCUT2D eigenvalue weighted by Gasteiger charge is 2.34. The molecule has 2 saturated heterocycles. The highest BCUT2D eigenvalue weighted by Crippen LogP contribution is 2.31. The highest BCUT2D eigenvalue weighted by atomic mass is 32.1. The monoisotopic (exact) mass is 403 g/mol. The zero-order valence-electron chi connectivity index (χ0n) is 15.2. The van der Waals surface area contributed by atoms with E-state index in [4.69, 9.17) is 17.0 Å². The van der Waals surface area contributed by atoms with Gasteiger partial charge in [-0.1, -0.05) is 6.92 Å². The second-order valence-corrected chi connectivity index (χ2v) is 7.50. The maximum atomic E-state index is 13.3. The Labute approximate surface area is 161 Å². The highest BCUT2D eigenvalue weighted by molar-refractivity contribution is 7.80. The van der Waals surface area contributed by atoms with Gasteiger partial charge in [0.1, 0.15) is 5.82 Å². The van der Waals surface area contributed by atoms with Crippen molar-refractivity contribution in [1.82, 2.24) is 15.3 Å². The molecule has 10 heteroatoms. The number of nitrogens with one attached hydrogen (secondary N) is 2. The van der Waals surface area contributed by atoms with Crippen molar-refractivity contribution >= 4 is 29.1 Å². The first-order valence-electron chi connectivity index (χ1n) is 9.19. The molecule has 0 bridgehead atoms. The lowest BCUT2D eigenvalue weighted by molar-refractivity contribution is -0.141. The molecule has 0 unspecified atom stereocenters. The summed E-state index contributed by atoms with van der Waals surface area (Å²) in [7, 11) is 0. The maximum absolute atomic E-state index is 13.3. The summed E-state index contributed by atoms with van der Waals surface area (Å²) >= 11 is 5.17. The molecule has 3 heterocycles. The van der Waals surface area contributed by atoms with Gasteiger partial charge in [-0.2, -0.15) is 18.2 Å². The average molecular weight is 403 g/mol. The van der Waals surface area contributed by atoms with Crippen LogP contribution < -0.4 is 15.5 Å². The molecule has 2 aliphatic rings. The van der Waals surface area contributed by atoms with Crippen LogP contribution in [0.25, 0.3) is 0 Å². The first kappa shape index (κ1) is 20.1. The van der Waals surface area contributed by atoms with E-state index in [9.17, 15) is 13.2 Å². The molecule has 2 aliphatic heterocycles. The van der Waals surface area contributed by atoms with Gasteiger partial charge in [-0.3, -0.25) is 0 Å². The summed E-state index contributed by atoms with van der Waals surface area (Å²) in [5.74, 6) is 0.532. The van der Waals surface area contributed by atoms with Gasteiger partial charge in [-0.15, -0.1) is 0 Å². The fourth-order valence-corrected chi connectivity index (χ4v) is 3.53. The van der Waals surface area contributed by atoms with Crippen molar-refractivity contribution in [1.29, 1.82) is 0 Å². The van der Waals surface area contributed by atoms with E-state index in [1.54, 1.807) is 0 Å². The summed E-state index contributed by atoms with van der Waals surface area (Å²) in [6.07, 6.45) is -0.555. The molecule has 2 N–H and O–H groups in total. The van der Waals surface area contributed by atoms with Crippen molar-refractivity contribution in [3.63, 3.8) is 0 Å². The van der Waals surface area contributed by atoms with E-state index in [0.717, 1.165) is 38.4 Å². The van der Waals surface area contributed by atoms with Gasteiger partial charge in [-0.25, -0.2) is 4.98 Å². The largest absolute Gasteiger partial charge is 0.433 e. The third-order valence-electron chi connectivity index (χ3n) is 4.72. The fraction of sp³-hybridized carbons (Fsp3) is 0.706. The molecule has 27 heavy (non-hydrogen) atoms. The second-order valence-electron chi connectivity index (χ2n) is 7.10. The maximum Gasteiger partial charge on any atom is 0.433 e. The number of hydrogen-bond acceptors (Lipinski definition) is 5. The Bertz CT molecular complexity index is 666. The van der Waals surface area contributed by atoms with Crippen LogP contribution in [0.5, 0.6) is 0 Å². The van der Waals surface area contributed by atoms with Crippen molar-refractivity contribution in [2.75, 3.05) is 36.5 Å². The predicted octanol–water partition coefficient (Wildman–Crippen LogP) is 3.20. The molecule has 0 amide bonds. The quantitative estimate of drug-likeness (QED) is 0.749. The van der Waals surface area contributed by atoms with Crippen LogP contribution in [0.1, 0.15) is 38.3 Å². The van der Waals surface area contributed by atoms with Gasteiger partial charge < -0.3 is 20.3 Å². The summed E-state index contributed by atoms with van der Waals surface area (Å²) in [4.78, 5) is 9.75. The lowest BCUT2D eigenvalue weighted by Gasteiger charge is -2.32. The van der Waals surface area contributed by atoms with E-state index in [2.05, 4.69) is 27.5 Å². The Hall–Kier alpha value is -1.68. The van der Waals surface area contributed by atoms with Crippen LogP contribution in [0, 0.1) is 5.92 Å². The number of ether oxygens (including phenoxy) is 1. The van der Waals surface area contributed by atoms with E-state index in [-0.39, 0.29) is 23.0 Å². The molecular formula is C17H24F3N5OS. The van der Waals surface area contributed by atoms with Gasteiger partial charge in [0.25, 0.3) is 0 Å². The number of rotatable bonds is 4. The van der Waals surface area contributed by atoms with Crippen LogP contribution in [-0.4, -0.2) is 47.4 Å². The minimum atomic E-state index is -4.55. The molecule has 150 valence electrons. The summed E-state index contributed by atoms with van der Waals surface area (Å²) in [5.41, 5.74) is -0.977. The molecule has 1 aromatic rings. The van der Waals surface area contributed by atoms with Crippen LogP contribution in [0.3, 0.4) is 0 Å². The van der Waals surface area contributed by atoms with Gasteiger partial charge in [-0.05, 0) is 43.8 Å². The first-order chi connectivity index (χ1) is 12.8. The van der Waals surface area contributed by atoms with Crippen molar-refractivity contribution < 1.29 is 17.9 Å². The predicted molar refractivity (Wildman–Crippen MR) is 101 cm³/mol. The molecule has 0 aromatic carbocycles. The molecule has 1 aromatic heterocycles. The molecule has 0 saturated carbocycles. The molecule has 0 radical (unpaired) electrons. The number of aromatic nitrogens is 2. The number of thiocarbonyl (C=S) groups is 1. The van der Waals surface area contributed by atoms with Gasteiger partial charge >= 0.3 is 6.18 Å². The zero-order valence-corrected chi connectivity index (χ0v) is 16.0.